The molecular weight excluding hydrogens is 300 g/mol. The third-order valence-corrected chi connectivity index (χ3v) is 3.90. The second kappa shape index (κ2) is 6.54. The molecule has 3 rings (SSSR count). The number of fused-ring (bicyclic) bond motifs is 1. The monoisotopic (exact) mass is 318 g/mol. The van der Waals surface area contributed by atoms with Crippen LogP contribution in [0.3, 0.4) is 0 Å². The molecule has 0 radical (unpaired) electrons. The normalized spacial score (nSPS) is 11.5. The number of phenols is 1. The van der Waals surface area contributed by atoms with E-state index in [0.717, 1.165) is 16.5 Å². The number of aryl methyl sites for hydroxylation is 1. The van der Waals surface area contributed by atoms with Crippen LogP contribution < -0.4 is 5.43 Å². The Morgan fingerprint density at radius 1 is 1.04 bits per heavy atom. The number of hydrazone groups is 1. The lowest BCUT2D eigenvalue weighted by Gasteiger charge is -2.08. The number of aromatic hydroxyl groups is 1. The van der Waals surface area contributed by atoms with Crippen molar-refractivity contribution in [3.63, 3.8) is 0 Å². The number of carbonyl (C=O) groups is 1. The van der Waals surface area contributed by atoms with Gasteiger partial charge in [0.05, 0.1) is 11.3 Å². The average molecular weight is 318 g/mol. The van der Waals surface area contributed by atoms with Crippen LogP contribution in [0.25, 0.3) is 10.8 Å². The van der Waals surface area contributed by atoms with Crippen LogP contribution in [0.2, 0.25) is 0 Å². The average Bonchev–Trinajstić information content (AvgIpc) is 2.59. The Labute approximate surface area is 140 Å². The van der Waals surface area contributed by atoms with Crippen molar-refractivity contribution in [2.24, 2.45) is 5.10 Å². The molecule has 4 nitrogen and oxygen atoms in total. The largest absolute Gasteiger partial charge is 0.507 e. The van der Waals surface area contributed by atoms with Gasteiger partial charge in [-0.05, 0) is 36.2 Å². The quantitative estimate of drug-likeness (QED) is 0.566. The number of nitrogens with one attached hydrogen (secondary N) is 1. The lowest BCUT2D eigenvalue weighted by Crippen LogP contribution is -2.19. The van der Waals surface area contributed by atoms with E-state index in [0.29, 0.717) is 11.1 Å². The molecule has 0 aromatic heterocycles. The van der Waals surface area contributed by atoms with Gasteiger partial charge in [-0.2, -0.15) is 5.10 Å². The second-order valence-electron chi connectivity index (χ2n) is 5.69. The molecule has 0 fully saturated rings. The summed E-state index contributed by atoms with van der Waals surface area (Å²) in [5, 5.41) is 15.8. The first-order valence-electron chi connectivity index (χ1n) is 7.68. The first-order valence-corrected chi connectivity index (χ1v) is 7.68. The van der Waals surface area contributed by atoms with Crippen LogP contribution in [0.15, 0.2) is 65.8 Å². The van der Waals surface area contributed by atoms with Crippen molar-refractivity contribution in [2.75, 3.05) is 0 Å². The number of hydrogen-bond acceptors (Lipinski definition) is 3. The zero-order valence-corrected chi connectivity index (χ0v) is 13.6. The minimum atomic E-state index is -0.434. The third kappa shape index (κ3) is 3.13. The summed E-state index contributed by atoms with van der Waals surface area (Å²) in [6, 6.07) is 18.6. The zero-order valence-electron chi connectivity index (χ0n) is 13.6. The van der Waals surface area contributed by atoms with Crippen LogP contribution >= 0.6 is 0 Å². The number of phenolic OH excluding ortho intramolecular Hbond substituents is 1. The molecule has 3 aromatic rings. The molecule has 1 amide bonds. The predicted molar refractivity (Wildman–Crippen MR) is 96.5 cm³/mol. The maximum atomic E-state index is 12.5. The fraction of sp³-hybridized carbons (Fsp3) is 0.100. The lowest BCUT2D eigenvalue weighted by atomic mass is 10.0. The minimum absolute atomic E-state index is 0.0605. The predicted octanol–water partition coefficient (Wildman–Crippen LogP) is 4.01. The summed E-state index contributed by atoms with van der Waals surface area (Å²) < 4.78 is 0. The Hall–Kier alpha value is -3.14. The van der Waals surface area contributed by atoms with E-state index in [1.807, 2.05) is 56.3 Å². The van der Waals surface area contributed by atoms with Crippen LogP contribution in [0.1, 0.15) is 28.4 Å². The molecular formula is C20H18N2O2. The number of rotatable bonds is 3. The molecule has 0 aliphatic heterocycles. The number of carbonyl (C=O) groups excluding carboxylic acids is 1. The summed E-state index contributed by atoms with van der Waals surface area (Å²) in [6.07, 6.45) is 0. The maximum absolute atomic E-state index is 12.5. The SMILES string of the molecule is C/C(=N\NC(=O)c1c(O)ccc2ccccc12)c1cccc(C)c1. The lowest BCUT2D eigenvalue weighted by molar-refractivity contribution is 0.0954. The van der Waals surface area contributed by atoms with E-state index in [9.17, 15) is 9.90 Å². The van der Waals surface area contributed by atoms with Gasteiger partial charge in [0.1, 0.15) is 5.75 Å². The van der Waals surface area contributed by atoms with Gasteiger partial charge in [0, 0.05) is 0 Å². The molecule has 0 saturated carbocycles. The highest BCUT2D eigenvalue weighted by atomic mass is 16.3. The summed E-state index contributed by atoms with van der Waals surface area (Å²) in [5.74, 6) is -0.495. The van der Waals surface area contributed by atoms with E-state index in [-0.39, 0.29) is 11.3 Å². The van der Waals surface area contributed by atoms with Gasteiger partial charge in [-0.1, -0.05) is 60.2 Å². The van der Waals surface area contributed by atoms with Gasteiger partial charge < -0.3 is 5.11 Å². The Kier molecular flexibility index (Phi) is 4.29. The smallest absolute Gasteiger partial charge is 0.275 e. The molecule has 2 N–H and O–H groups in total. The van der Waals surface area contributed by atoms with Gasteiger partial charge in [0.25, 0.3) is 5.91 Å². The fourth-order valence-electron chi connectivity index (χ4n) is 2.62. The van der Waals surface area contributed by atoms with Crippen molar-refractivity contribution in [1.82, 2.24) is 5.43 Å². The summed E-state index contributed by atoms with van der Waals surface area (Å²) >= 11 is 0. The van der Waals surface area contributed by atoms with E-state index in [1.165, 1.54) is 6.07 Å². The van der Waals surface area contributed by atoms with Crippen molar-refractivity contribution in [3.8, 4) is 5.75 Å². The van der Waals surface area contributed by atoms with Gasteiger partial charge in [-0.15, -0.1) is 0 Å². The Morgan fingerprint density at radius 2 is 1.83 bits per heavy atom. The van der Waals surface area contributed by atoms with Gasteiger partial charge in [0.15, 0.2) is 0 Å². The fourth-order valence-corrected chi connectivity index (χ4v) is 2.62. The minimum Gasteiger partial charge on any atom is -0.507 e. The summed E-state index contributed by atoms with van der Waals surface area (Å²) in [4.78, 5) is 12.5. The standard InChI is InChI=1S/C20H18N2O2/c1-13-6-5-8-16(12-13)14(2)21-22-20(24)19-17-9-4-3-7-15(17)10-11-18(19)23/h3-12,23H,1-2H3,(H,22,24)/b21-14+. The van der Waals surface area contributed by atoms with E-state index >= 15 is 0 Å². The molecule has 0 heterocycles. The van der Waals surface area contributed by atoms with E-state index in [1.54, 1.807) is 12.1 Å². The maximum Gasteiger partial charge on any atom is 0.275 e. The highest BCUT2D eigenvalue weighted by Gasteiger charge is 2.14. The van der Waals surface area contributed by atoms with Crippen molar-refractivity contribution >= 4 is 22.4 Å². The molecule has 0 spiro atoms. The van der Waals surface area contributed by atoms with Crippen molar-refractivity contribution < 1.29 is 9.90 Å². The number of hydrogen-bond donors (Lipinski definition) is 2. The molecule has 0 atom stereocenters. The van der Waals surface area contributed by atoms with Gasteiger partial charge in [-0.25, -0.2) is 5.43 Å². The van der Waals surface area contributed by atoms with Crippen molar-refractivity contribution in [2.45, 2.75) is 13.8 Å². The molecule has 0 unspecified atom stereocenters. The van der Waals surface area contributed by atoms with Gasteiger partial charge >= 0.3 is 0 Å². The third-order valence-electron chi connectivity index (χ3n) is 3.90. The number of nitrogens with zero attached hydrogens (tertiary/aromatic N) is 1. The van der Waals surface area contributed by atoms with Crippen LogP contribution in [-0.4, -0.2) is 16.7 Å². The molecule has 4 heteroatoms. The van der Waals surface area contributed by atoms with Gasteiger partial charge in [-0.3, -0.25) is 4.79 Å². The Morgan fingerprint density at radius 3 is 2.62 bits per heavy atom. The summed E-state index contributed by atoms with van der Waals surface area (Å²) in [5.41, 5.74) is 5.54. The van der Waals surface area contributed by atoms with Crippen LogP contribution in [0, 0.1) is 6.92 Å². The highest BCUT2D eigenvalue weighted by molar-refractivity contribution is 6.10. The van der Waals surface area contributed by atoms with Gasteiger partial charge in [0.2, 0.25) is 0 Å². The molecule has 3 aromatic carbocycles. The topological polar surface area (TPSA) is 61.7 Å². The van der Waals surface area contributed by atoms with Crippen molar-refractivity contribution in [3.05, 3.63) is 77.4 Å². The molecule has 24 heavy (non-hydrogen) atoms. The number of amides is 1. The van der Waals surface area contributed by atoms with E-state index in [4.69, 9.17) is 0 Å². The number of benzene rings is 3. The second-order valence-corrected chi connectivity index (χ2v) is 5.69. The summed E-state index contributed by atoms with van der Waals surface area (Å²) in [6.45, 7) is 3.83. The van der Waals surface area contributed by atoms with Crippen LogP contribution in [0.5, 0.6) is 5.75 Å². The van der Waals surface area contributed by atoms with Crippen molar-refractivity contribution in [1.29, 1.82) is 0 Å². The van der Waals surface area contributed by atoms with Crippen LogP contribution in [-0.2, 0) is 0 Å². The Balaban J connectivity index is 1.91. The molecule has 0 aliphatic carbocycles. The Bertz CT molecular complexity index is 945. The molecule has 0 saturated heterocycles. The van der Waals surface area contributed by atoms with Crippen LogP contribution in [0.4, 0.5) is 0 Å². The summed E-state index contributed by atoms with van der Waals surface area (Å²) in [7, 11) is 0. The molecule has 0 bridgehead atoms. The molecule has 120 valence electrons. The first-order chi connectivity index (χ1) is 11.6. The van der Waals surface area contributed by atoms with E-state index < -0.39 is 5.91 Å². The molecule has 0 aliphatic rings. The zero-order chi connectivity index (χ0) is 17.1. The van der Waals surface area contributed by atoms with E-state index in [2.05, 4.69) is 10.5 Å². The first kappa shape index (κ1) is 15.7. The highest BCUT2D eigenvalue weighted by Crippen LogP contribution is 2.26.